The van der Waals surface area contributed by atoms with Gasteiger partial charge in [0.15, 0.2) is 11.5 Å². The van der Waals surface area contributed by atoms with E-state index in [1.807, 2.05) is 31.2 Å². The molecule has 160 valence electrons. The van der Waals surface area contributed by atoms with Crippen molar-refractivity contribution in [3.8, 4) is 17.0 Å². The summed E-state index contributed by atoms with van der Waals surface area (Å²) in [6, 6.07) is 10.7. The quantitative estimate of drug-likeness (QED) is 0.511. The average Bonchev–Trinajstić information content (AvgIpc) is 3.35. The van der Waals surface area contributed by atoms with Gasteiger partial charge < -0.3 is 19.7 Å². The second-order valence-electron chi connectivity index (χ2n) is 8.63. The molecule has 4 heterocycles. The van der Waals surface area contributed by atoms with E-state index in [0.717, 1.165) is 36.4 Å². The van der Waals surface area contributed by atoms with Crippen molar-refractivity contribution in [2.45, 2.75) is 46.2 Å². The van der Waals surface area contributed by atoms with Crippen LogP contribution >= 0.6 is 0 Å². The maximum absolute atomic E-state index is 10.8. The van der Waals surface area contributed by atoms with E-state index >= 15 is 0 Å². The Morgan fingerprint density at radius 2 is 1.87 bits per heavy atom. The molecule has 0 spiro atoms. The van der Waals surface area contributed by atoms with Crippen molar-refractivity contribution in [3.05, 3.63) is 41.8 Å². The van der Waals surface area contributed by atoms with E-state index in [0.29, 0.717) is 45.9 Å². The van der Waals surface area contributed by atoms with E-state index in [-0.39, 0.29) is 5.75 Å². The fraction of sp³-hybridized carbons (Fsp3) is 0.375. The van der Waals surface area contributed by atoms with Crippen LogP contribution in [0.4, 0.5) is 5.82 Å². The van der Waals surface area contributed by atoms with Crippen LogP contribution in [-0.4, -0.2) is 45.2 Å². The number of phenolic OH excluding ortho intramolecular Hbond substituents is 1. The standard InChI is InChI=1S/C24H27N5O2/c1-13(2)25-16-9-10-29(12-16)22-8-7-19-20(28-22)6-5-18(27-19)17-11-21-23(14(3)24(17)30)26-15(4)31-21/h5-8,11,13,16,25,30H,9-10,12H2,1-4H3. The van der Waals surface area contributed by atoms with Crippen LogP contribution in [0.2, 0.25) is 0 Å². The lowest BCUT2D eigenvalue weighted by atomic mass is 10.0. The van der Waals surface area contributed by atoms with Crippen molar-refractivity contribution in [1.82, 2.24) is 20.3 Å². The number of fused-ring (bicyclic) bond motifs is 2. The average molecular weight is 418 g/mol. The first-order valence-corrected chi connectivity index (χ1v) is 10.8. The van der Waals surface area contributed by atoms with Gasteiger partial charge in [0.2, 0.25) is 0 Å². The van der Waals surface area contributed by atoms with Gasteiger partial charge in [0.1, 0.15) is 17.1 Å². The molecule has 0 amide bonds. The minimum absolute atomic E-state index is 0.179. The van der Waals surface area contributed by atoms with Crippen LogP contribution < -0.4 is 10.2 Å². The summed E-state index contributed by atoms with van der Waals surface area (Å²) in [7, 11) is 0. The Morgan fingerprint density at radius 1 is 1.10 bits per heavy atom. The van der Waals surface area contributed by atoms with Crippen LogP contribution in [0.25, 0.3) is 33.4 Å². The van der Waals surface area contributed by atoms with Crippen molar-refractivity contribution in [2.24, 2.45) is 0 Å². The normalized spacial score (nSPS) is 16.8. The highest BCUT2D eigenvalue weighted by Gasteiger charge is 2.24. The van der Waals surface area contributed by atoms with Gasteiger partial charge in [-0.05, 0) is 43.7 Å². The molecule has 0 bridgehead atoms. The molecule has 1 atom stereocenters. The Kier molecular flexibility index (Phi) is 4.78. The number of hydrogen-bond acceptors (Lipinski definition) is 7. The predicted octanol–water partition coefficient (Wildman–Crippen LogP) is 4.34. The molecule has 4 aromatic rings. The molecule has 1 aliphatic rings. The highest BCUT2D eigenvalue weighted by Crippen LogP contribution is 2.37. The molecule has 7 heteroatoms. The molecule has 1 unspecified atom stereocenters. The lowest BCUT2D eigenvalue weighted by molar-refractivity contribution is 0.473. The zero-order valence-corrected chi connectivity index (χ0v) is 18.3. The predicted molar refractivity (Wildman–Crippen MR) is 123 cm³/mol. The summed E-state index contributed by atoms with van der Waals surface area (Å²) in [5, 5.41) is 14.4. The molecule has 1 aliphatic heterocycles. The summed E-state index contributed by atoms with van der Waals surface area (Å²) in [5.74, 6) is 1.73. The molecular weight excluding hydrogens is 390 g/mol. The highest BCUT2D eigenvalue weighted by molar-refractivity contribution is 5.89. The number of aryl methyl sites for hydroxylation is 2. The number of aromatic hydroxyl groups is 1. The van der Waals surface area contributed by atoms with Gasteiger partial charge in [-0.2, -0.15) is 0 Å². The molecule has 5 rings (SSSR count). The highest BCUT2D eigenvalue weighted by atomic mass is 16.3. The van der Waals surface area contributed by atoms with Crippen LogP contribution in [0, 0.1) is 13.8 Å². The van der Waals surface area contributed by atoms with E-state index in [1.165, 1.54) is 0 Å². The van der Waals surface area contributed by atoms with E-state index in [4.69, 9.17) is 14.4 Å². The summed E-state index contributed by atoms with van der Waals surface area (Å²) < 4.78 is 5.69. The Hall–Kier alpha value is -3.19. The SMILES string of the molecule is Cc1nc2c(C)c(O)c(-c3ccc4nc(N5CCC(NC(C)C)C5)ccc4n3)cc2o1. The second-order valence-corrected chi connectivity index (χ2v) is 8.63. The number of anilines is 1. The third kappa shape index (κ3) is 3.59. The third-order valence-corrected chi connectivity index (χ3v) is 5.89. The van der Waals surface area contributed by atoms with Crippen LogP contribution in [0.3, 0.4) is 0 Å². The number of nitrogens with zero attached hydrogens (tertiary/aromatic N) is 4. The first kappa shape index (κ1) is 19.8. The second kappa shape index (κ2) is 7.50. The van der Waals surface area contributed by atoms with Gasteiger partial charge in [0, 0.05) is 43.2 Å². The van der Waals surface area contributed by atoms with Gasteiger partial charge in [-0.1, -0.05) is 13.8 Å². The van der Waals surface area contributed by atoms with E-state index in [9.17, 15) is 5.11 Å². The van der Waals surface area contributed by atoms with Gasteiger partial charge in [-0.25, -0.2) is 15.0 Å². The van der Waals surface area contributed by atoms with Gasteiger partial charge >= 0.3 is 0 Å². The van der Waals surface area contributed by atoms with Crippen LogP contribution in [0.1, 0.15) is 31.7 Å². The van der Waals surface area contributed by atoms with Gasteiger partial charge in [-0.15, -0.1) is 0 Å². The first-order valence-electron chi connectivity index (χ1n) is 10.8. The number of rotatable bonds is 4. The number of oxazole rings is 1. The molecule has 31 heavy (non-hydrogen) atoms. The van der Waals surface area contributed by atoms with Crippen LogP contribution in [0.15, 0.2) is 34.7 Å². The van der Waals surface area contributed by atoms with Crippen LogP contribution in [0.5, 0.6) is 5.75 Å². The van der Waals surface area contributed by atoms with Crippen molar-refractivity contribution in [1.29, 1.82) is 0 Å². The Morgan fingerprint density at radius 3 is 2.68 bits per heavy atom. The number of nitrogens with one attached hydrogen (secondary N) is 1. The minimum Gasteiger partial charge on any atom is -0.507 e. The largest absolute Gasteiger partial charge is 0.507 e. The van der Waals surface area contributed by atoms with Crippen molar-refractivity contribution >= 4 is 28.0 Å². The lowest BCUT2D eigenvalue weighted by Crippen LogP contribution is -2.37. The molecule has 0 radical (unpaired) electrons. The summed E-state index contributed by atoms with van der Waals surface area (Å²) in [6.07, 6.45) is 1.12. The van der Waals surface area contributed by atoms with Crippen molar-refractivity contribution < 1.29 is 9.52 Å². The molecule has 2 N–H and O–H groups in total. The number of benzene rings is 1. The number of phenols is 1. The topological polar surface area (TPSA) is 87.3 Å². The molecule has 3 aromatic heterocycles. The third-order valence-electron chi connectivity index (χ3n) is 5.89. The lowest BCUT2D eigenvalue weighted by Gasteiger charge is -2.19. The van der Waals surface area contributed by atoms with Gasteiger partial charge in [0.05, 0.1) is 16.7 Å². The smallest absolute Gasteiger partial charge is 0.192 e. The summed E-state index contributed by atoms with van der Waals surface area (Å²) in [5.41, 5.74) is 4.98. The number of pyridine rings is 2. The Balaban J connectivity index is 1.47. The van der Waals surface area contributed by atoms with E-state index in [2.05, 4.69) is 29.0 Å². The Labute approximate surface area is 181 Å². The minimum atomic E-state index is 0.179. The fourth-order valence-electron chi connectivity index (χ4n) is 4.42. The monoisotopic (exact) mass is 417 g/mol. The summed E-state index contributed by atoms with van der Waals surface area (Å²) in [6.45, 7) is 9.97. The van der Waals surface area contributed by atoms with E-state index in [1.54, 1.807) is 13.0 Å². The molecule has 0 saturated carbocycles. The molecule has 0 aliphatic carbocycles. The molecule has 1 fully saturated rings. The molecule has 7 nitrogen and oxygen atoms in total. The van der Waals surface area contributed by atoms with Crippen molar-refractivity contribution in [2.75, 3.05) is 18.0 Å². The zero-order chi connectivity index (χ0) is 21.7. The van der Waals surface area contributed by atoms with E-state index < -0.39 is 0 Å². The number of hydrogen-bond donors (Lipinski definition) is 2. The molecule has 1 aromatic carbocycles. The van der Waals surface area contributed by atoms with Gasteiger partial charge in [0.25, 0.3) is 0 Å². The van der Waals surface area contributed by atoms with Crippen LogP contribution in [-0.2, 0) is 0 Å². The fourth-order valence-corrected chi connectivity index (χ4v) is 4.42. The zero-order valence-electron chi connectivity index (χ0n) is 18.3. The molecule has 1 saturated heterocycles. The summed E-state index contributed by atoms with van der Waals surface area (Å²) in [4.78, 5) is 16.3. The Bertz CT molecular complexity index is 1280. The maximum atomic E-state index is 10.8. The molecular formula is C24H27N5O2. The van der Waals surface area contributed by atoms with Gasteiger partial charge in [-0.3, -0.25) is 0 Å². The maximum Gasteiger partial charge on any atom is 0.192 e. The van der Waals surface area contributed by atoms with Crippen molar-refractivity contribution in [3.63, 3.8) is 0 Å². The first-order chi connectivity index (χ1) is 14.9. The number of aromatic nitrogens is 3. The summed E-state index contributed by atoms with van der Waals surface area (Å²) >= 11 is 0.